The van der Waals surface area contributed by atoms with Gasteiger partial charge in [0.1, 0.15) is 16.6 Å². The number of rotatable bonds is 8. The highest BCUT2D eigenvalue weighted by atomic mass is 32.2. The standard InChI is InChI=1S/C22H21FN6O2S2/c1-4-29-18(14-5-9-16(23)10-6-14)25-28-22(29)32-13(2)19(30)24-21-27-26-20(33-21)15-7-11-17(31-3)12-8-15/h5-13H,4H2,1-3H3,(H,24,27,30). The summed E-state index contributed by atoms with van der Waals surface area (Å²) in [7, 11) is 1.61. The third kappa shape index (κ3) is 5.20. The molecule has 0 bridgehead atoms. The van der Waals surface area contributed by atoms with Crippen molar-refractivity contribution in [3.63, 3.8) is 0 Å². The normalized spacial score (nSPS) is 11.9. The molecule has 2 heterocycles. The van der Waals surface area contributed by atoms with Crippen LogP contribution in [0.3, 0.4) is 0 Å². The molecule has 8 nitrogen and oxygen atoms in total. The SMILES string of the molecule is CCn1c(SC(C)C(=O)Nc2nnc(-c3ccc(OC)cc3)s2)nnc1-c1ccc(F)cc1. The molecule has 0 saturated heterocycles. The Morgan fingerprint density at radius 2 is 1.79 bits per heavy atom. The summed E-state index contributed by atoms with van der Waals surface area (Å²) in [5.74, 6) is 0.852. The summed E-state index contributed by atoms with van der Waals surface area (Å²) in [5.41, 5.74) is 1.65. The molecule has 0 radical (unpaired) electrons. The number of hydrogen-bond donors (Lipinski definition) is 1. The van der Waals surface area contributed by atoms with Gasteiger partial charge in [0.2, 0.25) is 11.0 Å². The summed E-state index contributed by atoms with van der Waals surface area (Å²) in [6, 6.07) is 13.6. The zero-order valence-corrected chi connectivity index (χ0v) is 19.8. The number of halogens is 1. The molecular weight excluding hydrogens is 463 g/mol. The van der Waals surface area contributed by atoms with Crippen LogP contribution in [-0.4, -0.2) is 43.2 Å². The smallest absolute Gasteiger partial charge is 0.239 e. The van der Waals surface area contributed by atoms with Crippen molar-refractivity contribution < 1.29 is 13.9 Å². The quantitative estimate of drug-likeness (QED) is 0.361. The van der Waals surface area contributed by atoms with Crippen LogP contribution >= 0.6 is 23.1 Å². The topological polar surface area (TPSA) is 94.8 Å². The number of nitrogens with zero attached hydrogens (tertiary/aromatic N) is 5. The van der Waals surface area contributed by atoms with Crippen molar-refractivity contribution in [1.82, 2.24) is 25.0 Å². The minimum absolute atomic E-state index is 0.216. The summed E-state index contributed by atoms with van der Waals surface area (Å²) in [5, 5.41) is 20.8. The predicted molar refractivity (Wildman–Crippen MR) is 127 cm³/mol. The van der Waals surface area contributed by atoms with Crippen molar-refractivity contribution in [2.45, 2.75) is 30.8 Å². The third-order valence-electron chi connectivity index (χ3n) is 4.78. The van der Waals surface area contributed by atoms with Crippen LogP contribution in [0.25, 0.3) is 22.0 Å². The number of aromatic nitrogens is 5. The first-order valence-electron chi connectivity index (χ1n) is 10.1. The lowest BCUT2D eigenvalue weighted by Crippen LogP contribution is -2.22. The lowest BCUT2D eigenvalue weighted by Gasteiger charge is -2.11. The molecule has 1 N–H and O–H groups in total. The average molecular weight is 485 g/mol. The second-order valence-corrected chi connectivity index (χ2v) is 9.23. The first-order chi connectivity index (χ1) is 16.0. The van der Waals surface area contributed by atoms with Gasteiger partial charge in [-0.15, -0.1) is 20.4 Å². The first kappa shape index (κ1) is 22.9. The average Bonchev–Trinajstić information content (AvgIpc) is 3.46. The lowest BCUT2D eigenvalue weighted by molar-refractivity contribution is -0.115. The maximum absolute atomic E-state index is 13.3. The molecule has 1 amide bonds. The van der Waals surface area contributed by atoms with Crippen molar-refractivity contribution in [2.75, 3.05) is 12.4 Å². The van der Waals surface area contributed by atoms with Crippen molar-refractivity contribution in [1.29, 1.82) is 0 Å². The molecule has 170 valence electrons. The van der Waals surface area contributed by atoms with E-state index in [0.29, 0.717) is 27.7 Å². The van der Waals surface area contributed by atoms with Crippen LogP contribution in [0.2, 0.25) is 0 Å². The van der Waals surface area contributed by atoms with Gasteiger partial charge in [0.05, 0.1) is 12.4 Å². The monoisotopic (exact) mass is 484 g/mol. The van der Waals surface area contributed by atoms with Crippen LogP contribution in [0.15, 0.2) is 53.7 Å². The van der Waals surface area contributed by atoms with Crippen LogP contribution in [0, 0.1) is 5.82 Å². The highest BCUT2D eigenvalue weighted by Gasteiger charge is 2.21. The number of carbonyl (C=O) groups excluding carboxylic acids is 1. The number of carbonyl (C=O) groups is 1. The molecular formula is C22H21FN6O2S2. The van der Waals surface area contributed by atoms with E-state index in [4.69, 9.17) is 4.74 Å². The molecule has 11 heteroatoms. The first-order valence-corrected chi connectivity index (χ1v) is 11.8. The van der Waals surface area contributed by atoms with E-state index in [1.807, 2.05) is 35.8 Å². The number of hydrogen-bond acceptors (Lipinski definition) is 8. The van der Waals surface area contributed by atoms with Crippen LogP contribution in [0.1, 0.15) is 13.8 Å². The number of benzene rings is 2. The fourth-order valence-corrected chi connectivity index (χ4v) is 4.68. The summed E-state index contributed by atoms with van der Waals surface area (Å²) in [6.45, 7) is 4.36. The molecule has 0 spiro atoms. The number of amides is 1. The Kier molecular flexibility index (Phi) is 6.99. The molecule has 0 fully saturated rings. The van der Waals surface area contributed by atoms with E-state index < -0.39 is 5.25 Å². The van der Waals surface area contributed by atoms with E-state index in [0.717, 1.165) is 16.9 Å². The van der Waals surface area contributed by atoms with Gasteiger partial charge in [-0.25, -0.2) is 4.39 Å². The van der Waals surface area contributed by atoms with Gasteiger partial charge in [0.25, 0.3) is 0 Å². The summed E-state index contributed by atoms with van der Waals surface area (Å²) in [4.78, 5) is 12.8. The van der Waals surface area contributed by atoms with Crippen molar-refractivity contribution >= 4 is 34.1 Å². The molecule has 0 aliphatic heterocycles. The second kappa shape index (κ2) is 10.1. The van der Waals surface area contributed by atoms with E-state index in [2.05, 4.69) is 25.7 Å². The molecule has 0 aliphatic rings. The maximum Gasteiger partial charge on any atom is 0.239 e. The van der Waals surface area contributed by atoms with Gasteiger partial charge in [0, 0.05) is 17.7 Å². The molecule has 4 rings (SSSR count). The number of methoxy groups -OCH3 is 1. The summed E-state index contributed by atoms with van der Waals surface area (Å²) < 4.78 is 20.3. The van der Waals surface area contributed by atoms with Crippen molar-refractivity contribution in [3.05, 3.63) is 54.3 Å². The Morgan fingerprint density at radius 1 is 1.09 bits per heavy atom. The predicted octanol–water partition coefficient (Wildman–Crippen LogP) is 4.75. The number of anilines is 1. The van der Waals surface area contributed by atoms with Gasteiger partial charge in [0.15, 0.2) is 11.0 Å². The molecule has 1 unspecified atom stereocenters. The highest BCUT2D eigenvalue weighted by Crippen LogP contribution is 2.30. The van der Waals surface area contributed by atoms with Crippen LogP contribution in [0.4, 0.5) is 9.52 Å². The molecule has 2 aromatic heterocycles. The summed E-state index contributed by atoms with van der Waals surface area (Å²) in [6.07, 6.45) is 0. The fraction of sp³-hybridized carbons (Fsp3) is 0.227. The van der Waals surface area contributed by atoms with Crippen molar-refractivity contribution in [2.24, 2.45) is 0 Å². The van der Waals surface area contributed by atoms with Crippen LogP contribution < -0.4 is 10.1 Å². The molecule has 0 saturated carbocycles. The molecule has 0 aliphatic carbocycles. The van der Waals surface area contributed by atoms with E-state index in [-0.39, 0.29) is 11.7 Å². The second-order valence-electron chi connectivity index (χ2n) is 6.95. The van der Waals surface area contributed by atoms with Gasteiger partial charge in [-0.1, -0.05) is 23.1 Å². The Hall–Kier alpha value is -3.31. The minimum Gasteiger partial charge on any atom is -0.497 e. The Labute approximate surface area is 198 Å². The fourth-order valence-electron chi connectivity index (χ4n) is 3.02. The Morgan fingerprint density at radius 3 is 2.45 bits per heavy atom. The number of nitrogens with one attached hydrogen (secondary N) is 1. The third-order valence-corrected chi connectivity index (χ3v) is 6.75. The van der Waals surface area contributed by atoms with E-state index in [9.17, 15) is 9.18 Å². The van der Waals surface area contributed by atoms with Gasteiger partial charge in [-0.05, 0) is 62.4 Å². The maximum atomic E-state index is 13.3. The highest BCUT2D eigenvalue weighted by molar-refractivity contribution is 8.00. The van der Waals surface area contributed by atoms with Gasteiger partial charge in [-0.2, -0.15) is 0 Å². The zero-order valence-electron chi connectivity index (χ0n) is 18.2. The lowest BCUT2D eigenvalue weighted by atomic mass is 10.2. The van der Waals surface area contributed by atoms with Gasteiger partial charge in [-0.3, -0.25) is 10.1 Å². The Balaban J connectivity index is 1.43. The largest absolute Gasteiger partial charge is 0.497 e. The van der Waals surface area contributed by atoms with E-state index in [1.54, 1.807) is 26.2 Å². The minimum atomic E-state index is -0.450. The molecule has 1 atom stereocenters. The number of ether oxygens (including phenoxy) is 1. The van der Waals surface area contributed by atoms with Crippen LogP contribution in [-0.2, 0) is 11.3 Å². The molecule has 2 aromatic carbocycles. The summed E-state index contributed by atoms with van der Waals surface area (Å²) >= 11 is 2.59. The van der Waals surface area contributed by atoms with E-state index in [1.165, 1.54) is 35.2 Å². The van der Waals surface area contributed by atoms with Gasteiger partial charge >= 0.3 is 0 Å². The van der Waals surface area contributed by atoms with E-state index >= 15 is 0 Å². The van der Waals surface area contributed by atoms with Crippen LogP contribution in [0.5, 0.6) is 5.75 Å². The Bertz CT molecular complexity index is 1240. The van der Waals surface area contributed by atoms with Gasteiger partial charge < -0.3 is 9.30 Å². The number of thioether (sulfide) groups is 1. The molecule has 33 heavy (non-hydrogen) atoms. The zero-order chi connectivity index (χ0) is 23.4. The molecule has 4 aromatic rings. The van der Waals surface area contributed by atoms with Crippen molar-refractivity contribution in [3.8, 4) is 27.7 Å².